The van der Waals surface area contributed by atoms with E-state index < -0.39 is 5.97 Å². The lowest BCUT2D eigenvalue weighted by atomic mass is 10.2. The molecule has 0 spiro atoms. The summed E-state index contributed by atoms with van der Waals surface area (Å²) in [6.45, 7) is 1.82. The molecule has 0 N–H and O–H groups in total. The van der Waals surface area contributed by atoms with Crippen molar-refractivity contribution >= 4 is 11.9 Å². The van der Waals surface area contributed by atoms with Crippen molar-refractivity contribution in [1.29, 1.82) is 0 Å². The van der Waals surface area contributed by atoms with Gasteiger partial charge in [-0.15, -0.1) is 0 Å². The Morgan fingerprint density at radius 1 is 1.23 bits per heavy atom. The lowest BCUT2D eigenvalue weighted by Crippen LogP contribution is -2.05. The van der Waals surface area contributed by atoms with Crippen LogP contribution in [-0.4, -0.2) is 26.2 Å². The SMILES string of the molecule is CCC(=CCC(=O)OC)C(=O)OC. The van der Waals surface area contributed by atoms with E-state index >= 15 is 0 Å². The Balaban J connectivity index is 4.22. The first kappa shape index (κ1) is 11.7. The fourth-order valence-corrected chi connectivity index (χ4v) is 0.793. The third-order valence-electron chi connectivity index (χ3n) is 1.57. The number of rotatable bonds is 4. The zero-order valence-electron chi connectivity index (χ0n) is 8.12. The van der Waals surface area contributed by atoms with Crippen molar-refractivity contribution in [2.24, 2.45) is 0 Å². The van der Waals surface area contributed by atoms with E-state index in [-0.39, 0.29) is 12.4 Å². The van der Waals surface area contributed by atoms with E-state index in [1.54, 1.807) is 0 Å². The van der Waals surface area contributed by atoms with Crippen LogP contribution in [0.5, 0.6) is 0 Å². The smallest absolute Gasteiger partial charge is 0.333 e. The number of carbonyl (C=O) groups is 2. The first-order valence-electron chi connectivity index (χ1n) is 3.99. The molecule has 0 amide bonds. The van der Waals surface area contributed by atoms with E-state index in [2.05, 4.69) is 9.47 Å². The number of ether oxygens (including phenoxy) is 2. The summed E-state index contributed by atoms with van der Waals surface area (Å²) in [6.07, 6.45) is 2.18. The largest absolute Gasteiger partial charge is 0.469 e. The summed E-state index contributed by atoms with van der Waals surface area (Å²) in [5, 5.41) is 0. The van der Waals surface area contributed by atoms with Crippen molar-refractivity contribution in [1.82, 2.24) is 0 Å². The van der Waals surface area contributed by atoms with Gasteiger partial charge in [-0.25, -0.2) is 4.79 Å². The van der Waals surface area contributed by atoms with Crippen molar-refractivity contribution < 1.29 is 19.1 Å². The Bertz CT molecular complexity index is 218. The summed E-state index contributed by atoms with van der Waals surface area (Å²) < 4.78 is 8.93. The number of esters is 2. The van der Waals surface area contributed by atoms with E-state index in [1.165, 1.54) is 20.3 Å². The van der Waals surface area contributed by atoms with Crippen molar-refractivity contribution in [3.63, 3.8) is 0 Å². The van der Waals surface area contributed by atoms with Gasteiger partial charge in [0.15, 0.2) is 0 Å². The van der Waals surface area contributed by atoms with E-state index in [1.807, 2.05) is 6.92 Å². The molecule has 13 heavy (non-hydrogen) atoms. The van der Waals surface area contributed by atoms with Gasteiger partial charge in [0.1, 0.15) is 0 Å². The Morgan fingerprint density at radius 3 is 2.23 bits per heavy atom. The molecule has 4 heteroatoms. The van der Waals surface area contributed by atoms with Crippen LogP contribution in [0.25, 0.3) is 0 Å². The maximum atomic E-state index is 11.0. The molecule has 0 aliphatic heterocycles. The van der Waals surface area contributed by atoms with Gasteiger partial charge in [0, 0.05) is 5.57 Å². The molecular formula is C9H14O4. The van der Waals surface area contributed by atoms with E-state index in [4.69, 9.17) is 0 Å². The summed E-state index contributed by atoms with van der Waals surface area (Å²) in [6, 6.07) is 0. The van der Waals surface area contributed by atoms with Crippen LogP contribution in [0.4, 0.5) is 0 Å². The van der Waals surface area contributed by atoms with Gasteiger partial charge in [0.2, 0.25) is 0 Å². The van der Waals surface area contributed by atoms with Crippen LogP contribution in [0, 0.1) is 0 Å². The van der Waals surface area contributed by atoms with Gasteiger partial charge in [0.25, 0.3) is 0 Å². The number of hydrogen-bond donors (Lipinski definition) is 0. The average Bonchev–Trinajstić information content (AvgIpc) is 2.17. The highest BCUT2D eigenvalue weighted by atomic mass is 16.5. The molecular weight excluding hydrogens is 172 g/mol. The molecule has 0 aromatic heterocycles. The maximum Gasteiger partial charge on any atom is 0.333 e. The Labute approximate surface area is 77.5 Å². The quantitative estimate of drug-likeness (QED) is 0.486. The summed E-state index contributed by atoms with van der Waals surface area (Å²) in [5.41, 5.74) is 0.493. The molecule has 0 aliphatic rings. The summed E-state index contributed by atoms with van der Waals surface area (Å²) in [5.74, 6) is -0.763. The van der Waals surface area contributed by atoms with Crippen molar-refractivity contribution in [2.75, 3.05) is 14.2 Å². The fourth-order valence-electron chi connectivity index (χ4n) is 0.793. The summed E-state index contributed by atoms with van der Waals surface area (Å²) in [7, 11) is 2.61. The van der Waals surface area contributed by atoms with Crippen LogP contribution in [0.1, 0.15) is 19.8 Å². The zero-order chi connectivity index (χ0) is 10.3. The molecule has 0 aliphatic carbocycles. The molecule has 0 saturated heterocycles. The second kappa shape index (κ2) is 6.22. The predicted molar refractivity (Wildman–Crippen MR) is 47.0 cm³/mol. The zero-order valence-corrected chi connectivity index (χ0v) is 8.12. The minimum atomic E-state index is -0.397. The predicted octanol–water partition coefficient (Wildman–Crippen LogP) is 1.06. The molecule has 0 rings (SSSR count). The van der Waals surface area contributed by atoms with Crippen molar-refractivity contribution in [3.8, 4) is 0 Å². The van der Waals surface area contributed by atoms with Gasteiger partial charge in [-0.2, -0.15) is 0 Å². The maximum absolute atomic E-state index is 11.0. The molecule has 0 aromatic rings. The highest BCUT2D eigenvalue weighted by Crippen LogP contribution is 2.04. The highest BCUT2D eigenvalue weighted by Gasteiger charge is 2.07. The number of methoxy groups -OCH3 is 2. The van der Waals surface area contributed by atoms with Crippen LogP contribution >= 0.6 is 0 Å². The van der Waals surface area contributed by atoms with Crippen LogP contribution in [-0.2, 0) is 19.1 Å². The Hall–Kier alpha value is -1.32. The van der Waals surface area contributed by atoms with Crippen molar-refractivity contribution in [2.45, 2.75) is 19.8 Å². The van der Waals surface area contributed by atoms with Gasteiger partial charge in [-0.05, 0) is 6.42 Å². The van der Waals surface area contributed by atoms with Crippen LogP contribution in [0.15, 0.2) is 11.6 Å². The van der Waals surface area contributed by atoms with Crippen LogP contribution < -0.4 is 0 Å². The topological polar surface area (TPSA) is 52.6 Å². The standard InChI is InChI=1S/C9H14O4/c1-4-7(9(11)13-3)5-6-8(10)12-2/h5H,4,6H2,1-3H3. The molecule has 0 radical (unpaired) electrons. The minimum Gasteiger partial charge on any atom is -0.469 e. The molecule has 0 heterocycles. The van der Waals surface area contributed by atoms with E-state index in [9.17, 15) is 9.59 Å². The third kappa shape index (κ3) is 4.30. The monoisotopic (exact) mass is 186 g/mol. The summed E-state index contributed by atoms with van der Waals surface area (Å²) >= 11 is 0. The van der Waals surface area contributed by atoms with Gasteiger partial charge >= 0.3 is 11.9 Å². The molecule has 0 aromatic carbocycles. The molecule has 0 unspecified atom stereocenters. The van der Waals surface area contributed by atoms with E-state index in [0.29, 0.717) is 12.0 Å². The first-order chi connectivity index (χ1) is 6.15. The molecule has 0 bridgehead atoms. The van der Waals surface area contributed by atoms with Crippen LogP contribution in [0.3, 0.4) is 0 Å². The number of carbonyl (C=O) groups excluding carboxylic acids is 2. The van der Waals surface area contributed by atoms with Gasteiger partial charge in [-0.1, -0.05) is 13.0 Å². The Morgan fingerprint density at radius 2 is 1.85 bits per heavy atom. The highest BCUT2D eigenvalue weighted by molar-refractivity contribution is 5.89. The second-order valence-electron chi connectivity index (χ2n) is 2.35. The van der Waals surface area contributed by atoms with E-state index in [0.717, 1.165) is 0 Å². The lowest BCUT2D eigenvalue weighted by molar-refractivity contribution is -0.139. The van der Waals surface area contributed by atoms with Gasteiger partial charge in [-0.3, -0.25) is 4.79 Å². The Kier molecular flexibility index (Phi) is 5.59. The molecule has 0 atom stereocenters. The molecule has 0 saturated carbocycles. The van der Waals surface area contributed by atoms with Gasteiger partial charge in [0.05, 0.1) is 20.6 Å². The minimum absolute atomic E-state index is 0.106. The second-order valence-corrected chi connectivity index (χ2v) is 2.35. The van der Waals surface area contributed by atoms with Crippen molar-refractivity contribution in [3.05, 3.63) is 11.6 Å². The first-order valence-corrected chi connectivity index (χ1v) is 3.99. The number of hydrogen-bond acceptors (Lipinski definition) is 4. The normalized spacial score (nSPS) is 10.8. The molecule has 4 nitrogen and oxygen atoms in total. The molecule has 0 fully saturated rings. The molecule has 74 valence electrons. The fraction of sp³-hybridized carbons (Fsp3) is 0.556. The van der Waals surface area contributed by atoms with Crippen LogP contribution in [0.2, 0.25) is 0 Å². The average molecular weight is 186 g/mol. The lowest BCUT2D eigenvalue weighted by Gasteiger charge is -2.01. The third-order valence-corrected chi connectivity index (χ3v) is 1.57. The summed E-state index contributed by atoms with van der Waals surface area (Å²) in [4.78, 5) is 21.7. The van der Waals surface area contributed by atoms with Gasteiger partial charge < -0.3 is 9.47 Å².